The van der Waals surface area contributed by atoms with Crippen LogP contribution in [0.15, 0.2) is 48.5 Å². The van der Waals surface area contributed by atoms with E-state index >= 15 is 0 Å². The van der Waals surface area contributed by atoms with E-state index in [4.69, 9.17) is 14.2 Å². The first kappa shape index (κ1) is 19.3. The Hall–Kier alpha value is -3.02. The van der Waals surface area contributed by atoms with Gasteiger partial charge in [0.2, 0.25) is 0 Å². The van der Waals surface area contributed by atoms with Crippen LogP contribution in [-0.4, -0.2) is 32.2 Å². The lowest BCUT2D eigenvalue weighted by atomic mass is 10.1. The number of methoxy groups -OCH3 is 2. The molecule has 0 heterocycles. The maximum atomic E-state index is 12.1. The largest absolute Gasteiger partial charge is 0.493 e. The minimum absolute atomic E-state index is 0.0384. The van der Waals surface area contributed by atoms with Crippen molar-refractivity contribution in [1.29, 1.82) is 0 Å². The third kappa shape index (κ3) is 5.51. The molecule has 0 aliphatic carbocycles. The van der Waals surface area contributed by atoms with Gasteiger partial charge in [-0.2, -0.15) is 0 Å². The van der Waals surface area contributed by atoms with Gasteiger partial charge in [-0.05, 0) is 30.2 Å². The van der Waals surface area contributed by atoms with Crippen LogP contribution in [0.1, 0.15) is 18.1 Å². The monoisotopic (exact) mass is 357 g/mol. The lowest BCUT2D eigenvalue weighted by Crippen LogP contribution is -2.35. The summed E-state index contributed by atoms with van der Waals surface area (Å²) in [6.07, 6.45) is -0.831. The Morgan fingerprint density at radius 3 is 2.31 bits per heavy atom. The van der Waals surface area contributed by atoms with Gasteiger partial charge in [0.1, 0.15) is 0 Å². The van der Waals surface area contributed by atoms with E-state index in [1.54, 1.807) is 32.2 Å². The van der Waals surface area contributed by atoms with Crippen LogP contribution >= 0.6 is 0 Å². The number of esters is 1. The number of benzene rings is 2. The fraction of sp³-hybridized carbons (Fsp3) is 0.300. The van der Waals surface area contributed by atoms with Crippen LogP contribution in [0, 0.1) is 0 Å². The molecule has 1 amide bonds. The van der Waals surface area contributed by atoms with Crippen molar-refractivity contribution < 1.29 is 23.8 Å². The van der Waals surface area contributed by atoms with E-state index in [1.165, 1.54) is 7.11 Å². The molecular weight excluding hydrogens is 334 g/mol. The molecule has 0 bridgehead atoms. The standard InChI is InChI=1S/C20H23NO5/c1-14(20(23)21-13-15-7-5-4-6-8-15)26-19(22)12-16-9-10-17(24-2)18(11-16)25-3/h4-11,14H,12-13H2,1-3H3,(H,21,23)/t14-/m0/s1. The Bertz CT molecular complexity index is 745. The number of nitrogens with one attached hydrogen (secondary N) is 1. The number of hydrogen-bond acceptors (Lipinski definition) is 5. The average molecular weight is 357 g/mol. The highest BCUT2D eigenvalue weighted by molar-refractivity contribution is 5.83. The smallest absolute Gasteiger partial charge is 0.311 e. The van der Waals surface area contributed by atoms with Crippen LogP contribution in [0.2, 0.25) is 0 Å². The number of carbonyl (C=O) groups excluding carboxylic acids is 2. The Kier molecular flexibility index (Phi) is 7.02. The molecule has 0 spiro atoms. The van der Waals surface area contributed by atoms with Crippen LogP contribution in [0.25, 0.3) is 0 Å². The Morgan fingerprint density at radius 2 is 1.65 bits per heavy atom. The maximum Gasteiger partial charge on any atom is 0.311 e. The zero-order chi connectivity index (χ0) is 18.9. The maximum absolute atomic E-state index is 12.1. The van der Waals surface area contributed by atoms with Crippen molar-refractivity contribution in [1.82, 2.24) is 5.32 Å². The predicted molar refractivity (Wildman–Crippen MR) is 97.1 cm³/mol. The molecule has 26 heavy (non-hydrogen) atoms. The van der Waals surface area contributed by atoms with E-state index in [-0.39, 0.29) is 12.3 Å². The van der Waals surface area contributed by atoms with Crippen molar-refractivity contribution in [2.75, 3.05) is 14.2 Å². The zero-order valence-electron chi connectivity index (χ0n) is 15.2. The molecule has 1 N–H and O–H groups in total. The van der Waals surface area contributed by atoms with Gasteiger partial charge in [0, 0.05) is 6.54 Å². The van der Waals surface area contributed by atoms with Crippen LogP contribution < -0.4 is 14.8 Å². The molecule has 0 aliphatic heterocycles. The molecule has 2 rings (SSSR count). The fourth-order valence-corrected chi connectivity index (χ4v) is 2.38. The first-order valence-corrected chi connectivity index (χ1v) is 8.25. The first-order chi connectivity index (χ1) is 12.5. The molecule has 138 valence electrons. The summed E-state index contributed by atoms with van der Waals surface area (Å²) in [6, 6.07) is 14.7. The summed E-state index contributed by atoms with van der Waals surface area (Å²) >= 11 is 0. The Morgan fingerprint density at radius 1 is 0.962 bits per heavy atom. The van der Waals surface area contributed by atoms with E-state index in [2.05, 4.69) is 5.32 Å². The van der Waals surface area contributed by atoms with Gasteiger partial charge in [0.15, 0.2) is 17.6 Å². The summed E-state index contributed by atoms with van der Waals surface area (Å²) in [5.41, 5.74) is 1.69. The quantitative estimate of drug-likeness (QED) is 0.735. The second-order valence-corrected chi connectivity index (χ2v) is 5.70. The van der Waals surface area contributed by atoms with E-state index < -0.39 is 12.1 Å². The van der Waals surface area contributed by atoms with Crippen molar-refractivity contribution in [3.63, 3.8) is 0 Å². The molecule has 0 fully saturated rings. The summed E-state index contributed by atoms with van der Waals surface area (Å²) in [5.74, 6) is 0.291. The third-order valence-electron chi connectivity index (χ3n) is 3.78. The molecule has 6 nitrogen and oxygen atoms in total. The molecule has 6 heteroatoms. The summed E-state index contributed by atoms with van der Waals surface area (Å²) in [7, 11) is 3.07. The second-order valence-electron chi connectivity index (χ2n) is 5.70. The third-order valence-corrected chi connectivity index (χ3v) is 3.78. The molecule has 0 saturated carbocycles. The van der Waals surface area contributed by atoms with Gasteiger partial charge >= 0.3 is 5.97 Å². The second kappa shape index (κ2) is 9.46. The van der Waals surface area contributed by atoms with Crippen molar-refractivity contribution in [3.05, 3.63) is 59.7 Å². The average Bonchev–Trinajstić information content (AvgIpc) is 2.66. The molecule has 0 aromatic heterocycles. The number of ether oxygens (including phenoxy) is 3. The lowest BCUT2D eigenvalue weighted by Gasteiger charge is -2.14. The van der Waals surface area contributed by atoms with Crippen LogP contribution in [0.5, 0.6) is 11.5 Å². The summed E-state index contributed by atoms with van der Waals surface area (Å²) in [6.45, 7) is 1.93. The van der Waals surface area contributed by atoms with Crippen molar-refractivity contribution >= 4 is 11.9 Å². The number of rotatable bonds is 8. The molecule has 0 saturated heterocycles. The highest BCUT2D eigenvalue weighted by atomic mass is 16.5. The highest BCUT2D eigenvalue weighted by Gasteiger charge is 2.18. The van der Waals surface area contributed by atoms with Gasteiger partial charge in [0.05, 0.1) is 20.6 Å². The number of amides is 1. The van der Waals surface area contributed by atoms with E-state index in [0.717, 1.165) is 5.56 Å². The molecule has 0 unspecified atom stereocenters. The summed E-state index contributed by atoms with van der Waals surface area (Å²) < 4.78 is 15.6. The van der Waals surface area contributed by atoms with E-state index in [0.29, 0.717) is 23.6 Å². The van der Waals surface area contributed by atoms with Gasteiger partial charge in [-0.25, -0.2) is 0 Å². The molecule has 0 aliphatic rings. The fourth-order valence-electron chi connectivity index (χ4n) is 2.38. The van der Waals surface area contributed by atoms with Gasteiger partial charge in [-0.1, -0.05) is 36.4 Å². The molecule has 0 radical (unpaired) electrons. The molecule has 2 aromatic carbocycles. The van der Waals surface area contributed by atoms with Crippen molar-refractivity contribution in [2.24, 2.45) is 0 Å². The lowest BCUT2D eigenvalue weighted by molar-refractivity contribution is -0.154. The minimum Gasteiger partial charge on any atom is -0.493 e. The van der Waals surface area contributed by atoms with Crippen molar-refractivity contribution in [2.45, 2.75) is 26.0 Å². The number of carbonyl (C=O) groups is 2. The summed E-state index contributed by atoms with van der Waals surface area (Å²) in [5, 5.41) is 2.75. The Labute approximate surface area is 153 Å². The normalized spacial score (nSPS) is 11.3. The van der Waals surface area contributed by atoms with Crippen molar-refractivity contribution in [3.8, 4) is 11.5 Å². The summed E-state index contributed by atoms with van der Waals surface area (Å²) in [4.78, 5) is 24.1. The first-order valence-electron chi connectivity index (χ1n) is 8.25. The zero-order valence-corrected chi connectivity index (χ0v) is 15.2. The molecule has 2 aromatic rings. The number of hydrogen-bond donors (Lipinski definition) is 1. The molecular formula is C20H23NO5. The van der Waals surface area contributed by atoms with E-state index in [1.807, 2.05) is 30.3 Å². The van der Waals surface area contributed by atoms with Gasteiger partial charge in [-0.3, -0.25) is 9.59 Å². The predicted octanol–water partition coefficient (Wildman–Crippen LogP) is 2.49. The van der Waals surface area contributed by atoms with Gasteiger partial charge in [-0.15, -0.1) is 0 Å². The minimum atomic E-state index is -0.869. The topological polar surface area (TPSA) is 73.9 Å². The van der Waals surface area contributed by atoms with Crippen LogP contribution in [0.4, 0.5) is 0 Å². The highest BCUT2D eigenvalue weighted by Crippen LogP contribution is 2.27. The van der Waals surface area contributed by atoms with Crippen LogP contribution in [-0.2, 0) is 27.3 Å². The Balaban J connectivity index is 1.85. The van der Waals surface area contributed by atoms with E-state index in [9.17, 15) is 9.59 Å². The SMILES string of the molecule is COc1ccc(CC(=O)O[C@@H](C)C(=O)NCc2ccccc2)cc1OC. The van der Waals surface area contributed by atoms with Gasteiger partial charge in [0.25, 0.3) is 5.91 Å². The molecule has 1 atom stereocenters. The van der Waals surface area contributed by atoms with Gasteiger partial charge < -0.3 is 19.5 Å². The van der Waals surface area contributed by atoms with Crippen LogP contribution in [0.3, 0.4) is 0 Å².